The van der Waals surface area contributed by atoms with Crippen LogP contribution in [0.2, 0.25) is 0 Å². The fourth-order valence-electron chi connectivity index (χ4n) is 5.15. The Morgan fingerprint density at radius 3 is 2.22 bits per heavy atom. The third-order valence-corrected chi connectivity index (χ3v) is 7.11. The smallest absolute Gasteiger partial charge is 0.382 e. The van der Waals surface area contributed by atoms with Crippen molar-refractivity contribution in [2.45, 2.75) is 63.5 Å². The van der Waals surface area contributed by atoms with Crippen LogP contribution in [0.5, 0.6) is 0 Å². The predicted octanol–water partition coefficient (Wildman–Crippen LogP) is 5.97. The number of nitrogens with zero attached hydrogens (tertiary/aromatic N) is 3. The molecule has 2 aliphatic rings. The number of rotatable bonds is 7. The first-order valence-electron chi connectivity index (χ1n) is 12.6. The van der Waals surface area contributed by atoms with Crippen LogP contribution in [0.1, 0.15) is 45.1 Å². The molecule has 0 unspecified atom stereocenters. The fourth-order valence-corrected chi connectivity index (χ4v) is 5.15. The van der Waals surface area contributed by atoms with E-state index in [-0.39, 0.29) is 18.1 Å². The Morgan fingerprint density at radius 2 is 1.62 bits per heavy atom. The number of anilines is 2. The topological polar surface area (TPSA) is 74.2 Å². The third kappa shape index (κ3) is 6.60. The van der Waals surface area contributed by atoms with Gasteiger partial charge in [-0.15, -0.1) is 4.91 Å². The number of benzene rings is 2. The van der Waals surface area contributed by atoms with Gasteiger partial charge in [-0.3, -0.25) is 4.79 Å². The Kier molecular flexibility index (Phi) is 8.06. The molecule has 7 nitrogen and oxygen atoms in total. The molecule has 2 aromatic rings. The molecule has 10 heteroatoms. The largest absolute Gasteiger partial charge is 0.418 e. The van der Waals surface area contributed by atoms with Gasteiger partial charge in [-0.05, 0) is 75.0 Å². The number of amides is 1. The first kappa shape index (κ1) is 26.9. The fraction of sp³-hybridized carbons (Fsp3) is 0.519. The molecule has 1 amide bonds. The van der Waals surface area contributed by atoms with Gasteiger partial charge in [-0.2, -0.15) is 13.2 Å². The zero-order valence-corrected chi connectivity index (χ0v) is 21.1. The second-order valence-corrected chi connectivity index (χ2v) is 10.2. The van der Waals surface area contributed by atoms with Crippen LogP contribution >= 0.6 is 0 Å². The van der Waals surface area contributed by atoms with Crippen molar-refractivity contribution in [3.8, 4) is 0 Å². The lowest BCUT2D eigenvalue weighted by Crippen LogP contribution is -2.55. The number of halogens is 3. The van der Waals surface area contributed by atoms with E-state index in [4.69, 9.17) is 4.74 Å². The molecule has 1 aliphatic heterocycles. The molecule has 0 radical (unpaired) electrons. The molecule has 1 saturated heterocycles. The molecule has 2 aromatic carbocycles. The van der Waals surface area contributed by atoms with Gasteiger partial charge in [-0.25, -0.2) is 0 Å². The first-order chi connectivity index (χ1) is 17.6. The second-order valence-electron chi connectivity index (χ2n) is 10.2. The number of nitrogens with one attached hydrogen (secondary N) is 1. The van der Waals surface area contributed by atoms with E-state index in [0.29, 0.717) is 44.5 Å². The van der Waals surface area contributed by atoms with Crippen LogP contribution in [0.4, 0.5) is 30.2 Å². The third-order valence-electron chi connectivity index (χ3n) is 7.11. The minimum atomic E-state index is -4.65. The molecule has 4 rings (SSSR count). The molecule has 1 saturated carbocycles. The number of para-hydroxylation sites is 1. The summed E-state index contributed by atoms with van der Waals surface area (Å²) in [7, 11) is 0. The molecule has 1 N–H and O–H groups in total. The molecule has 1 aliphatic carbocycles. The van der Waals surface area contributed by atoms with Gasteiger partial charge in [0.2, 0.25) is 0 Å². The zero-order valence-electron chi connectivity index (χ0n) is 21.1. The highest BCUT2D eigenvalue weighted by Crippen LogP contribution is 2.38. The molecule has 200 valence electrons. The van der Waals surface area contributed by atoms with Crippen LogP contribution in [0, 0.1) is 4.91 Å². The van der Waals surface area contributed by atoms with Gasteiger partial charge < -0.3 is 19.9 Å². The number of ether oxygens (including phenoxy) is 1. The van der Waals surface area contributed by atoms with Crippen molar-refractivity contribution in [3.05, 3.63) is 59.0 Å². The Balaban J connectivity index is 1.26. The van der Waals surface area contributed by atoms with E-state index in [1.807, 2.05) is 36.9 Å². The molecule has 0 aromatic heterocycles. The standard InChI is InChI=1S/C27H33F3N4O3/c1-26(2,25(35)34-16-14-33(15-17-34)21-6-4-3-5-7-21)37-22-11-8-19(9-12-22)31-20-10-13-24(32-36)23(18-20)27(28,29)30/h3-7,10,13,18-19,22,31H,8-9,11-12,14-17H2,1-2H3. The maximum Gasteiger partial charge on any atom is 0.418 e. The molecule has 37 heavy (non-hydrogen) atoms. The highest BCUT2D eigenvalue weighted by Gasteiger charge is 2.38. The summed E-state index contributed by atoms with van der Waals surface area (Å²) in [6, 6.07) is 13.6. The summed E-state index contributed by atoms with van der Waals surface area (Å²) in [6.07, 6.45) is -1.99. The van der Waals surface area contributed by atoms with Crippen LogP contribution < -0.4 is 10.2 Å². The first-order valence-corrected chi connectivity index (χ1v) is 12.6. The van der Waals surface area contributed by atoms with Crippen LogP contribution in [0.25, 0.3) is 0 Å². The van der Waals surface area contributed by atoms with Gasteiger partial charge in [0.25, 0.3) is 5.91 Å². The summed E-state index contributed by atoms with van der Waals surface area (Å²) in [6.45, 7) is 6.42. The van der Waals surface area contributed by atoms with E-state index in [1.165, 1.54) is 6.07 Å². The molecule has 0 bridgehead atoms. The average Bonchev–Trinajstić information content (AvgIpc) is 2.89. The molecule has 0 spiro atoms. The van der Waals surface area contributed by atoms with E-state index >= 15 is 0 Å². The maximum atomic E-state index is 13.3. The van der Waals surface area contributed by atoms with Crippen molar-refractivity contribution in [2.75, 3.05) is 36.4 Å². The van der Waals surface area contributed by atoms with Crippen LogP contribution in [-0.2, 0) is 15.7 Å². The Bertz CT molecular complexity index is 1080. The molecule has 2 fully saturated rings. The van der Waals surface area contributed by atoms with Gasteiger partial charge in [0.1, 0.15) is 11.3 Å². The van der Waals surface area contributed by atoms with E-state index in [9.17, 15) is 22.9 Å². The average molecular weight is 519 g/mol. The SMILES string of the molecule is CC(C)(OC1CCC(Nc2ccc(N=O)c(C(F)(F)F)c2)CC1)C(=O)N1CCN(c2ccccc2)CC1. The Hall–Kier alpha value is -3.14. The number of piperazine rings is 1. The Morgan fingerprint density at radius 1 is 0.973 bits per heavy atom. The lowest BCUT2D eigenvalue weighted by Gasteiger charge is -2.41. The molecular weight excluding hydrogens is 485 g/mol. The minimum absolute atomic E-state index is 0.0241. The summed E-state index contributed by atoms with van der Waals surface area (Å²) >= 11 is 0. The summed E-state index contributed by atoms with van der Waals surface area (Å²) in [5.41, 5.74) is -1.17. The number of carbonyl (C=O) groups excluding carboxylic acids is 1. The number of hydrogen-bond donors (Lipinski definition) is 1. The van der Waals surface area contributed by atoms with E-state index in [2.05, 4.69) is 27.5 Å². The normalized spacial score (nSPS) is 21.0. The van der Waals surface area contributed by atoms with E-state index in [1.54, 1.807) is 0 Å². The number of nitroso groups, excluding NO2 is 1. The quantitative estimate of drug-likeness (QED) is 0.457. The van der Waals surface area contributed by atoms with Crippen LogP contribution in [-0.4, -0.2) is 54.7 Å². The van der Waals surface area contributed by atoms with Crippen molar-refractivity contribution in [1.29, 1.82) is 0 Å². The van der Waals surface area contributed by atoms with Crippen LogP contribution in [0.15, 0.2) is 53.7 Å². The minimum Gasteiger partial charge on any atom is -0.382 e. The lowest BCUT2D eigenvalue weighted by molar-refractivity contribution is -0.163. The number of hydrogen-bond acceptors (Lipinski definition) is 6. The number of alkyl halides is 3. The van der Waals surface area contributed by atoms with Gasteiger partial charge in [-0.1, -0.05) is 18.2 Å². The van der Waals surface area contributed by atoms with E-state index < -0.39 is 23.0 Å². The van der Waals surface area contributed by atoms with Crippen molar-refractivity contribution in [2.24, 2.45) is 5.18 Å². The van der Waals surface area contributed by atoms with Crippen molar-refractivity contribution >= 4 is 23.0 Å². The van der Waals surface area contributed by atoms with Crippen molar-refractivity contribution in [1.82, 2.24) is 4.90 Å². The second kappa shape index (κ2) is 11.1. The zero-order chi connectivity index (χ0) is 26.6. The summed E-state index contributed by atoms with van der Waals surface area (Å²) in [4.78, 5) is 28.1. The van der Waals surface area contributed by atoms with Crippen molar-refractivity contribution < 1.29 is 22.7 Å². The summed E-state index contributed by atoms with van der Waals surface area (Å²) in [5, 5.41) is 5.63. The van der Waals surface area contributed by atoms with Crippen LogP contribution in [0.3, 0.4) is 0 Å². The maximum absolute atomic E-state index is 13.3. The summed E-state index contributed by atoms with van der Waals surface area (Å²) < 4.78 is 45.9. The van der Waals surface area contributed by atoms with Gasteiger partial charge in [0.15, 0.2) is 0 Å². The van der Waals surface area contributed by atoms with Gasteiger partial charge >= 0.3 is 6.18 Å². The molecule has 1 heterocycles. The molecular formula is C27H33F3N4O3. The summed E-state index contributed by atoms with van der Waals surface area (Å²) in [5.74, 6) is -0.0241. The van der Waals surface area contributed by atoms with Gasteiger partial charge in [0.05, 0.1) is 11.7 Å². The number of carbonyl (C=O) groups is 1. The lowest BCUT2D eigenvalue weighted by atomic mass is 9.92. The highest BCUT2D eigenvalue weighted by atomic mass is 19.4. The molecule has 0 atom stereocenters. The Labute approximate surface area is 214 Å². The van der Waals surface area contributed by atoms with Gasteiger partial charge in [0, 0.05) is 43.6 Å². The monoisotopic (exact) mass is 518 g/mol. The van der Waals surface area contributed by atoms with Crippen molar-refractivity contribution in [3.63, 3.8) is 0 Å². The predicted molar refractivity (Wildman–Crippen MR) is 137 cm³/mol. The van der Waals surface area contributed by atoms with E-state index in [0.717, 1.165) is 30.9 Å². The highest BCUT2D eigenvalue weighted by molar-refractivity contribution is 5.84.